The van der Waals surface area contributed by atoms with Crippen molar-refractivity contribution in [2.75, 3.05) is 13.1 Å². The van der Waals surface area contributed by atoms with Crippen molar-refractivity contribution in [3.63, 3.8) is 0 Å². The number of nitrogens with zero attached hydrogens (tertiary/aromatic N) is 3. The van der Waals surface area contributed by atoms with Crippen LogP contribution in [0.5, 0.6) is 0 Å². The first-order valence-corrected chi connectivity index (χ1v) is 9.68. The molecule has 0 saturated carbocycles. The third-order valence-corrected chi connectivity index (χ3v) is 5.63. The first kappa shape index (κ1) is 17.2. The van der Waals surface area contributed by atoms with Gasteiger partial charge >= 0.3 is 0 Å². The molecule has 1 saturated heterocycles. The third-order valence-electron chi connectivity index (χ3n) is 5.63. The predicted octanol–water partition coefficient (Wildman–Crippen LogP) is 4.94. The summed E-state index contributed by atoms with van der Waals surface area (Å²) in [6, 6.07) is 15.9. The van der Waals surface area contributed by atoms with E-state index in [1.807, 2.05) is 6.92 Å². The minimum absolute atomic E-state index is 0.726. The van der Waals surface area contributed by atoms with Crippen molar-refractivity contribution < 1.29 is 0 Å². The van der Waals surface area contributed by atoms with Crippen molar-refractivity contribution in [3.05, 3.63) is 59.5 Å². The number of aromatic nitrogens is 2. The number of likely N-dealkylation sites (tertiary alicyclic amines) is 1. The van der Waals surface area contributed by atoms with E-state index in [1.54, 1.807) is 0 Å². The van der Waals surface area contributed by atoms with Crippen LogP contribution in [0.2, 0.25) is 0 Å². The Bertz CT molecular complexity index is 932. The Morgan fingerprint density at radius 3 is 2.69 bits per heavy atom. The maximum Gasteiger partial charge on any atom is 0.0705 e. The Balaban J connectivity index is 1.56. The summed E-state index contributed by atoms with van der Waals surface area (Å²) in [4.78, 5) is 12.1. The molecule has 1 fully saturated rings. The molecular weight excluding hydrogens is 318 g/mol. The van der Waals surface area contributed by atoms with Crippen LogP contribution < -0.4 is 0 Å². The fraction of sp³-hybridized carbons (Fsp3) is 0.391. The summed E-state index contributed by atoms with van der Waals surface area (Å²) in [5.74, 6) is 0. The van der Waals surface area contributed by atoms with Gasteiger partial charge in [-0.05, 0) is 70.0 Å². The zero-order chi connectivity index (χ0) is 18.1. The second-order valence-electron chi connectivity index (χ2n) is 7.57. The molecule has 0 unspecified atom stereocenters. The number of pyridine rings is 2. The van der Waals surface area contributed by atoms with Crippen molar-refractivity contribution in [2.24, 2.45) is 0 Å². The highest BCUT2D eigenvalue weighted by Gasteiger charge is 2.19. The van der Waals surface area contributed by atoms with Gasteiger partial charge in [0, 0.05) is 47.0 Å². The monoisotopic (exact) mass is 345 g/mol. The lowest BCUT2D eigenvalue weighted by Gasteiger charge is -2.20. The number of hydrogen-bond acceptors (Lipinski definition) is 3. The van der Waals surface area contributed by atoms with Crippen molar-refractivity contribution in [1.29, 1.82) is 0 Å². The van der Waals surface area contributed by atoms with Crippen LogP contribution in [0.3, 0.4) is 0 Å². The second kappa shape index (κ2) is 7.16. The lowest BCUT2D eigenvalue weighted by atomic mass is 10.0. The van der Waals surface area contributed by atoms with E-state index in [1.165, 1.54) is 41.6 Å². The van der Waals surface area contributed by atoms with Crippen LogP contribution in [0.4, 0.5) is 0 Å². The molecule has 1 aromatic carbocycles. The average molecular weight is 345 g/mol. The van der Waals surface area contributed by atoms with Crippen LogP contribution in [0.25, 0.3) is 22.0 Å². The van der Waals surface area contributed by atoms with Crippen LogP contribution >= 0.6 is 0 Å². The molecule has 0 aliphatic carbocycles. The maximum absolute atomic E-state index is 4.89. The highest BCUT2D eigenvalue weighted by atomic mass is 15.2. The minimum Gasteiger partial charge on any atom is -0.300 e. The van der Waals surface area contributed by atoms with Gasteiger partial charge in [0.15, 0.2) is 0 Å². The van der Waals surface area contributed by atoms with E-state index in [-0.39, 0.29) is 0 Å². The number of hydrogen-bond donors (Lipinski definition) is 0. The van der Waals surface area contributed by atoms with E-state index in [4.69, 9.17) is 4.98 Å². The fourth-order valence-electron chi connectivity index (χ4n) is 4.05. The van der Waals surface area contributed by atoms with Gasteiger partial charge in [-0.2, -0.15) is 0 Å². The molecular formula is C23H27N3. The Kier molecular flexibility index (Phi) is 4.73. The van der Waals surface area contributed by atoms with Crippen LogP contribution in [-0.2, 0) is 6.42 Å². The second-order valence-corrected chi connectivity index (χ2v) is 7.57. The molecule has 0 amide bonds. The maximum atomic E-state index is 4.89. The molecule has 0 spiro atoms. The first-order chi connectivity index (χ1) is 12.6. The van der Waals surface area contributed by atoms with Crippen molar-refractivity contribution in [2.45, 2.75) is 46.1 Å². The highest BCUT2D eigenvalue weighted by molar-refractivity contribution is 5.85. The molecule has 1 atom stereocenters. The fourth-order valence-corrected chi connectivity index (χ4v) is 4.05. The van der Waals surface area contributed by atoms with Gasteiger partial charge < -0.3 is 4.90 Å². The van der Waals surface area contributed by atoms with Gasteiger partial charge in [0.1, 0.15) is 0 Å². The largest absolute Gasteiger partial charge is 0.300 e. The summed E-state index contributed by atoms with van der Waals surface area (Å²) in [7, 11) is 0. The van der Waals surface area contributed by atoms with Gasteiger partial charge in [-0.15, -0.1) is 0 Å². The minimum atomic E-state index is 0.726. The molecule has 3 nitrogen and oxygen atoms in total. The zero-order valence-electron chi connectivity index (χ0n) is 16.0. The van der Waals surface area contributed by atoms with Crippen LogP contribution in [-0.4, -0.2) is 34.0 Å². The van der Waals surface area contributed by atoms with Crippen molar-refractivity contribution in [1.82, 2.24) is 14.9 Å². The lowest BCUT2D eigenvalue weighted by molar-refractivity contribution is 0.271. The van der Waals surface area contributed by atoms with Gasteiger partial charge in [-0.25, -0.2) is 0 Å². The third kappa shape index (κ3) is 3.49. The average Bonchev–Trinajstić information content (AvgIpc) is 3.04. The Morgan fingerprint density at radius 2 is 1.92 bits per heavy atom. The summed E-state index contributed by atoms with van der Waals surface area (Å²) >= 11 is 0. The van der Waals surface area contributed by atoms with Gasteiger partial charge in [-0.3, -0.25) is 9.97 Å². The molecule has 26 heavy (non-hydrogen) atoms. The van der Waals surface area contributed by atoms with Crippen LogP contribution in [0.1, 0.15) is 36.8 Å². The van der Waals surface area contributed by atoms with Gasteiger partial charge in [0.25, 0.3) is 0 Å². The topological polar surface area (TPSA) is 29.0 Å². The SMILES string of the molecule is Cc1ccc(-c2ccc3nc(CCN4CCC[C@H]4C)ccc3c2)c(C)n1. The summed E-state index contributed by atoms with van der Waals surface area (Å²) in [6.45, 7) is 8.80. The molecule has 1 aliphatic rings. The van der Waals surface area contributed by atoms with Crippen LogP contribution in [0.15, 0.2) is 42.5 Å². The lowest BCUT2D eigenvalue weighted by Crippen LogP contribution is -2.29. The molecule has 134 valence electrons. The predicted molar refractivity (Wildman–Crippen MR) is 108 cm³/mol. The number of aryl methyl sites for hydroxylation is 2. The number of benzene rings is 1. The summed E-state index contributed by atoms with van der Waals surface area (Å²) in [6.07, 6.45) is 3.70. The van der Waals surface area contributed by atoms with E-state index in [2.05, 4.69) is 66.2 Å². The van der Waals surface area contributed by atoms with E-state index < -0.39 is 0 Å². The summed E-state index contributed by atoms with van der Waals surface area (Å²) < 4.78 is 0. The number of fused-ring (bicyclic) bond motifs is 1. The first-order valence-electron chi connectivity index (χ1n) is 9.68. The Hall–Kier alpha value is -2.26. The Labute approximate surface area is 156 Å². The number of rotatable bonds is 4. The molecule has 2 aromatic heterocycles. The van der Waals surface area contributed by atoms with E-state index in [0.717, 1.165) is 35.9 Å². The quantitative estimate of drug-likeness (QED) is 0.670. The molecule has 0 bridgehead atoms. The van der Waals surface area contributed by atoms with Gasteiger partial charge in [0.2, 0.25) is 0 Å². The highest BCUT2D eigenvalue weighted by Crippen LogP contribution is 2.26. The van der Waals surface area contributed by atoms with Crippen molar-refractivity contribution in [3.8, 4) is 11.1 Å². The Morgan fingerprint density at radius 1 is 1.04 bits per heavy atom. The van der Waals surface area contributed by atoms with Crippen molar-refractivity contribution >= 4 is 10.9 Å². The standard InChI is InChI=1S/C23H27N3/c1-16-6-10-22(18(3)24-16)19-8-11-23-20(15-19)7-9-21(25-23)12-14-26-13-4-5-17(26)2/h6-11,15,17H,4-5,12-14H2,1-3H3/t17-/m1/s1. The summed E-state index contributed by atoms with van der Waals surface area (Å²) in [5, 5.41) is 1.20. The zero-order valence-corrected chi connectivity index (χ0v) is 16.0. The van der Waals surface area contributed by atoms with Crippen LogP contribution in [0, 0.1) is 13.8 Å². The molecule has 3 heterocycles. The van der Waals surface area contributed by atoms with E-state index in [9.17, 15) is 0 Å². The van der Waals surface area contributed by atoms with E-state index >= 15 is 0 Å². The molecule has 4 rings (SSSR count). The van der Waals surface area contributed by atoms with Gasteiger partial charge in [0.05, 0.1) is 5.52 Å². The normalized spacial score (nSPS) is 17.9. The molecule has 0 radical (unpaired) electrons. The molecule has 1 aliphatic heterocycles. The van der Waals surface area contributed by atoms with E-state index in [0.29, 0.717) is 0 Å². The molecule has 0 N–H and O–H groups in total. The smallest absolute Gasteiger partial charge is 0.0705 e. The summed E-state index contributed by atoms with van der Waals surface area (Å²) in [5.41, 5.74) is 6.82. The molecule has 3 heteroatoms. The van der Waals surface area contributed by atoms with Gasteiger partial charge in [-0.1, -0.05) is 18.2 Å². The molecule has 3 aromatic rings.